The Morgan fingerprint density at radius 1 is 0.944 bits per heavy atom. The first-order valence-corrected chi connectivity index (χ1v) is 18.3. The van der Waals surface area contributed by atoms with Crippen molar-refractivity contribution in [2.45, 2.75) is 129 Å². The molecule has 2 saturated heterocycles. The summed E-state index contributed by atoms with van der Waals surface area (Å²) >= 11 is 0. The number of likely N-dealkylation sites (N-methyl/N-ethyl adjacent to an activating group) is 1. The van der Waals surface area contributed by atoms with Crippen molar-refractivity contribution in [3.63, 3.8) is 0 Å². The summed E-state index contributed by atoms with van der Waals surface area (Å²) in [4.78, 5) is 96.4. The van der Waals surface area contributed by atoms with Crippen molar-refractivity contribution in [2.24, 2.45) is 5.41 Å². The van der Waals surface area contributed by atoms with Gasteiger partial charge in [0.05, 0.1) is 19.1 Å². The van der Waals surface area contributed by atoms with Crippen LogP contribution < -0.4 is 21.3 Å². The molecule has 0 saturated carbocycles. The first kappa shape index (κ1) is 43.8. The van der Waals surface area contributed by atoms with Crippen LogP contribution in [0.25, 0.3) is 0 Å². The average Bonchev–Trinajstić information content (AvgIpc) is 3.56. The van der Waals surface area contributed by atoms with Crippen LogP contribution in [0.1, 0.15) is 93.2 Å². The minimum atomic E-state index is -1.31. The van der Waals surface area contributed by atoms with Crippen LogP contribution >= 0.6 is 0 Å². The quantitative estimate of drug-likeness (QED) is 0.203. The van der Waals surface area contributed by atoms with E-state index >= 15 is 0 Å². The number of likely N-dealkylation sites (tertiary alicyclic amines) is 1. The predicted molar refractivity (Wildman–Crippen MR) is 197 cm³/mol. The van der Waals surface area contributed by atoms with Crippen LogP contribution in [-0.2, 0) is 43.0 Å². The molecule has 0 bridgehead atoms. The molecule has 2 aliphatic heterocycles. The number of hydrogen-bond acceptors (Lipinski definition) is 10. The maximum atomic E-state index is 14.3. The second-order valence-electron chi connectivity index (χ2n) is 16.4. The summed E-state index contributed by atoms with van der Waals surface area (Å²) < 4.78 is 17.6. The minimum Gasteiger partial charge on any atom is -0.444 e. The molecule has 4 N–H and O–H groups in total. The highest BCUT2D eigenvalue weighted by molar-refractivity contribution is 6.38. The van der Waals surface area contributed by atoms with Gasteiger partial charge in [0.2, 0.25) is 29.4 Å². The molecule has 16 nitrogen and oxygen atoms in total. The number of amides is 6. The van der Waals surface area contributed by atoms with E-state index in [-0.39, 0.29) is 13.0 Å². The molecule has 2 fully saturated rings. The van der Waals surface area contributed by atoms with E-state index in [9.17, 15) is 33.6 Å². The number of nitrogens with zero attached hydrogens (tertiary/aromatic N) is 2. The molecule has 0 aliphatic carbocycles. The number of hydrogen-bond donors (Lipinski definition) is 4. The molecule has 3 unspecified atom stereocenters. The Hall–Kier alpha value is -4.57. The maximum Gasteiger partial charge on any atom is 0.408 e. The van der Waals surface area contributed by atoms with Gasteiger partial charge in [-0.3, -0.25) is 28.8 Å². The fraction of sp³-hybridized carbons (Fsp3) is 0.658. The third kappa shape index (κ3) is 11.7. The van der Waals surface area contributed by atoms with E-state index in [0.717, 1.165) is 0 Å². The van der Waals surface area contributed by atoms with Crippen molar-refractivity contribution in [1.82, 2.24) is 31.1 Å². The molecule has 0 radical (unpaired) electrons. The fourth-order valence-corrected chi connectivity index (χ4v) is 6.26. The van der Waals surface area contributed by atoms with Gasteiger partial charge in [-0.25, -0.2) is 4.79 Å². The van der Waals surface area contributed by atoms with Gasteiger partial charge in [0.25, 0.3) is 5.91 Å². The number of benzene rings is 1. The number of ether oxygens (including phenoxy) is 3. The summed E-state index contributed by atoms with van der Waals surface area (Å²) in [5.41, 5.74) is -1.12. The molecule has 1 aromatic carbocycles. The molecule has 2 heterocycles. The van der Waals surface area contributed by atoms with Crippen LogP contribution in [0.15, 0.2) is 30.3 Å². The normalized spacial score (nSPS) is 20.8. The van der Waals surface area contributed by atoms with Gasteiger partial charge in [0.1, 0.15) is 35.9 Å². The summed E-state index contributed by atoms with van der Waals surface area (Å²) in [6.07, 6.45) is -1.24. The van der Waals surface area contributed by atoms with E-state index in [0.29, 0.717) is 18.4 Å². The van der Waals surface area contributed by atoms with Crippen molar-refractivity contribution in [3.8, 4) is 0 Å². The molecule has 16 heteroatoms. The lowest BCUT2D eigenvalue weighted by molar-refractivity contribution is -0.171. The summed E-state index contributed by atoms with van der Waals surface area (Å²) in [5, 5.41) is 10.3. The highest BCUT2D eigenvalue weighted by Crippen LogP contribution is 2.38. The number of alkyl carbamates (subject to hydrolysis) is 1. The second-order valence-corrected chi connectivity index (χ2v) is 16.4. The topological polar surface area (TPSA) is 202 Å². The largest absolute Gasteiger partial charge is 0.444 e. The van der Waals surface area contributed by atoms with Gasteiger partial charge in [0, 0.05) is 14.1 Å². The SMILES string of the molecule is CCCCC(NC(=O)[C@@H]1C2OC(C)(C)O[C@H]2CN1C(=O)[C@@H](NC(=O)OC(C)(C)C)C(C)(C)C)C(=O)C(=O)NCC(=O)NC(C(=O)N(C)C)c1ccccc1. The van der Waals surface area contributed by atoms with Gasteiger partial charge in [-0.2, -0.15) is 0 Å². The van der Waals surface area contributed by atoms with Crippen LogP contribution in [-0.4, -0.2) is 120 Å². The maximum absolute atomic E-state index is 14.3. The number of nitrogens with one attached hydrogen (secondary N) is 4. The number of ketones is 1. The molecule has 1 aromatic rings. The van der Waals surface area contributed by atoms with Crippen molar-refractivity contribution < 1.29 is 47.8 Å². The van der Waals surface area contributed by atoms with E-state index < -0.39 is 101 Å². The molecule has 54 heavy (non-hydrogen) atoms. The highest BCUT2D eigenvalue weighted by Gasteiger charge is 2.58. The van der Waals surface area contributed by atoms with Crippen molar-refractivity contribution in [1.29, 1.82) is 0 Å². The first-order valence-electron chi connectivity index (χ1n) is 18.3. The van der Waals surface area contributed by atoms with E-state index in [1.54, 1.807) is 99.8 Å². The van der Waals surface area contributed by atoms with Gasteiger partial charge < -0.3 is 45.3 Å². The van der Waals surface area contributed by atoms with Crippen LogP contribution in [0, 0.1) is 5.41 Å². The highest BCUT2D eigenvalue weighted by atomic mass is 16.8. The lowest BCUT2D eigenvalue weighted by Crippen LogP contribution is -2.61. The smallest absolute Gasteiger partial charge is 0.408 e. The number of fused-ring (bicyclic) bond motifs is 1. The lowest BCUT2D eigenvalue weighted by Gasteiger charge is -2.37. The minimum absolute atomic E-state index is 0.0446. The van der Waals surface area contributed by atoms with Gasteiger partial charge in [-0.1, -0.05) is 70.9 Å². The zero-order valence-corrected chi connectivity index (χ0v) is 33.4. The van der Waals surface area contributed by atoms with E-state index in [2.05, 4.69) is 21.3 Å². The van der Waals surface area contributed by atoms with Crippen LogP contribution in [0.2, 0.25) is 0 Å². The Labute approximate surface area is 317 Å². The average molecular weight is 759 g/mol. The second kappa shape index (κ2) is 17.7. The Kier molecular flexibility index (Phi) is 14.4. The molecule has 6 atom stereocenters. The summed E-state index contributed by atoms with van der Waals surface area (Å²) in [6.45, 7) is 14.9. The third-order valence-electron chi connectivity index (χ3n) is 8.81. The Morgan fingerprint density at radius 2 is 1.57 bits per heavy atom. The molecule has 0 aromatic heterocycles. The van der Waals surface area contributed by atoms with Crippen molar-refractivity contribution >= 4 is 41.4 Å². The molecule has 0 spiro atoms. The molecule has 3 rings (SSSR count). The van der Waals surface area contributed by atoms with Gasteiger partial charge >= 0.3 is 6.09 Å². The Balaban J connectivity index is 1.80. The van der Waals surface area contributed by atoms with Crippen LogP contribution in [0.5, 0.6) is 0 Å². The number of unbranched alkanes of at least 4 members (excludes halogenated alkanes) is 1. The molecular formula is C38H58N6O10. The third-order valence-corrected chi connectivity index (χ3v) is 8.81. The molecular weight excluding hydrogens is 700 g/mol. The first-order chi connectivity index (χ1) is 25.0. The standard InChI is InChI=1S/C38H58N6O10/c1-12-13-19-23(28(46)32(48)39-20-25(45)41-26(33(49)43(10)11)22-17-15-14-16-18-22)40-31(47)27-29-24(52-38(8,9)53-29)21-44(27)34(50)30(36(2,3)4)42-35(51)54-37(5,6)7/h14-18,23-24,26-27,29-30H,12-13,19-21H2,1-11H3,(H,39,48)(H,40,47)(H,41,45)(H,42,51)/t23?,24-,26?,27-,29?,30+/m0/s1. The Bertz CT molecular complexity index is 1550. The van der Waals surface area contributed by atoms with Gasteiger partial charge in [0.15, 0.2) is 5.79 Å². The lowest BCUT2D eigenvalue weighted by atomic mass is 9.85. The molecule has 300 valence electrons. The predicted octanol–water partition coefficient (Wildman–Crippen LogP) is 1.96. The van der Waals surface area contributed by atoms with Crippen molar-refractivity contribution in [3.05, 3.63) is 35.9 Å². The molecule has 6 amide bonds. The van der Waals surface area contributed by atoms with Crippen LogP contribution in [0.3, 0.4) is 0 Å². The fourth-order valence-electron chi connectivity index (χ4n) is 6.26. The number of rotatable bonds is 14. The number of Topliss-reactive ketones (excluding diaryl/α,β-unsaturated/α-hetero) is 1. The number of carbonyl (C=O) groups excluding carboxylic acids is 7. The van der Waals surface area contributed by atoms with Gasteiger partial charge in [-0.05, 0) is 52.0 Å². The molecule has 2 aliphatic rings. The number of carbonyl (C=O) groups is 7. The van der Waals surface area contributed by atoms with E-state index in [4.69, 9.17) is 14.2 Å². The van der Waals surface area contributed by atoms with Crippen LogP contribution in [0.4, 0.5) is 4.79 Å². The summed E-state index contributed by atoms with van der Waals surface area (Å²) in [5.74, 6) is -5.63. The van der Waals surface area contributed by atoms with Crippen molar-refractivity contribution in [2.75, 3.05) is 27.2 Å². The Morgan fingerprint density at radius 3 is 2.13 bits per heavy atom. The zero-order valence-electron chi connectivity index (χ0n) is 33.4. The van der Waals surface area contributed by atoms with Gasteiger partial charge in [-0.15, -0.1) is 0 Å². The monoisotopic (exact) mass is 758 g/mol. The van der Waals surface area contributed by atoms with E-state index in [1.807, 2.05) is 6.92 Å². The zero-order chi connectivity index (χ0) is 40.8. The summed E-state index contributed by atoms with van der Waals surface area (Å²) in [6, 6.07) is 3.83. The summed E-state index contributed by atoms with van der Waals surface area (Å²) in [7, 11) is 3.10. The van der Waals surface area contributed by atoms with E-state index in [1.165, 1.54) is 9.80 Å².